The second-order valence-corrected chi connectivity index (χ2v) is 1.87. The molecule has 0 saturated carbocycles. The molecule has 0 aromatic rings. The molecule has 5 heteroatoms. The van der Waals surface area contributed by atoms with E-state index in [4.69, 9.17) is 5.41 Å². The van der Waals surface area contributed by atoms with E-state index in [1.165, 1.54) is 6.20 Å². The molecule has 0 aromatic carbocycles. The number of aliphatic imine (C=N–C) groups is 2. The zero-order chi connectivity index (χ0) is 10.6. The molecule has 0 aliphatic carbocycles. The highest BCUT2D eigenvalue weighted by molar-refractivity contribution is 5.86. The molecule has 0 atom stereocenters. The molecule has 0 radical (unpaired) electrons. The Morgan fingerprint density at radius 1 is 1.57 bits per heavy atom. The topological polar surface area (TPSA) is 74.9 Å². The average molecular weight is 191 g/mol. The highest BCUT2D eigenvalue weighted by Crippen LogP contribution is 1.77. The van der Waals surface area contributed by atoms with Gasteiger partial charge in [0, 0.05) is 5.87 Å². The predicted octanol–water partition coefficient (Wildman–Crippen LogP) is 0.362. The van der Waals surface area contributed by atoms with Crippen LogP contribution < -0.4 is 0 Å². The smallest absolute Gasteiger partial charge is 0.328 e. The van der Waals surface area contributed by atoms with E-state index in [0.717, 1.165) is 0 Å². The summed E-state index contributed by atoms with van der Waals surface area (Å²) in [5.41, 5.74) is 2.42. The van der Waals surface area contributed by atoms with Crippen LogP contribution in [0.15, 0.2) is 21.9 Å². The van der Waals surface area contributed by atoms with Gasteiger partial charge in [0.05, 0.1) is 24.5 Å². The van der Waals surface area contributed by atoms with Gasteiger partial charge in [-0.3, -0.25) is 4.79 Å². The Hall–Kier alpha value is -2.14. The van der Waals surface area contributed by atoms with Crippen LogP contribution in [0.25, 0.3) is 0 Å². The van der Waals surface area contributed by atoms with Crippen molar-refractivity contribution < 1.29 is 9.53 Å². The number of rotatable bonds is 4. The average Bonchev–Trinajstić information content (AvgIpc) is 2.17. The Morgan fingerprint density at radius 3 is 3.00 bits per heavy atom. The first kappa shape index (κ1) is 11.9. The third-order valence-electron chi connectivity index (χ3n) is 0.907. The molecule has 0 bridgehead atoms. The molecule has 5 nitrogen and oxygen atoms in total. The molecular weight excluding hydrogens is 182 g/mol. The SMILES string of the molecule is CCOC(=O)CN=C=C=CN=C=C=N. The van der Waals surface area contributed by atoms with Gasteiger partial charge in [0.15, 0.2) is 0 Å². The predicted molar refractivity (Wildman–Crippen MR) is 52.2 cm³/mol. The van der Waals surface area contributed by atoms with Crippen LogP contribution in [0, 0.1) is 5.41 Å². The van der Waals surface area contributed by atoms with Crippen LogP contribution in [0.5, 0.6) is 0 Å². The number of hydrogen-bond acceptors (Lipinski definition) is 5. The third kappa shape index (κ3) is 7.96. The van der Waals surface area contributed by atoms with E-state index in [1.807, 2.05) is 5.87 Å². The van der Waals surface area contributed by atoms with Crippen molar-refractivity contribution >= 4 is 23.6 Å². The summed E-state index contributed by atoms with van der Waals surface area (Å²) in [6, 6.07) is 0. The molecule has 0 fully saturated rings. The second-order valence-electron chi connectivity index (χ2n) is 1.87. The Labute approximate surface area is 81.3 Å². The van der Waals surface area contributed by atoms with Crippen molar-refractivity contribution in [2.24, 2.45) is 9.98 Å². The van der Waals surface area contributed by atoms with Gasteiger partial charge in [0.1, 0.15) is 6.54 Å². The first-order valence-electron chi connectivity index (χ1n) is 3.82. The van der Waals surface area contributed by atoms with Crippen LogP contribution in [0.4, 0.5) is 0 Å². The molecule has 0 amide bonds. The van der Waals surface area contributed by atoms with Crippen LogP contribution in [0.1, 0.15) is 6.92 Å². The zero-order valence-corrected chi connectivity index (χ0v) is 7.70. The first-order valence-corrected chi connectivity index (χ1v) is 3.82. The van der Waals surface area contributed by atoms with Gasteiger partial charge < -0.3 is 4.74 Å². The number of nitrogens with zero attached hydrogens (tertiary/aromatic N) is 2. The number of carbonyl (C=O) groups is 1. The summed E-state index contributed by atoms with van der Waals surface area (Å²) < 4.78 is 4.61. The highest BCUT2D eigenvalue weighted by Gasteiger charge is 1.95. The van der Waals surface area contributed by atoms with Gasteiger partial charge in [-0.05, 0) is 12.7 Å². The number of carbonyl (C=O) groups excluding carboxylic acids is 1. The number of ether oxygens (including phenoxy) is 1. The maximum atomic E-state index is 10.7. The first-order chi connectivity index (χ1) is 6.81. The Morgan fingerprint density at radius 2 is 2.36 bits per heavy atom. The van der Waals surface area contributed by atoms with Crippen molar-refractivity contribution in [3.8, 4) is 0 Å². The van der Waals surface area contributed by atoms with E-state index >= 15 is 0 Å². The molecule has 1 N–H and O–H groups in total. The van der Waals surface area contributed by atoms with Crippen LogP contribution in [-0.4, -0.2) is 36.7 Å². The van der Waals surface area contributed by atoms with Gasteiger partial charge in [0.25, 0.3) is 0 Å². The molecule has 0 rings (SSSR count). The van der Waals surface area contributed by atoms with Gasteiger partial charge in [0.2, 0.25) is 0 Å². The van der Waals surface area contributed by atoms with E-state index in [0.29, 0.717) is 6.61 Å². The lowest BCUT2D eigenvalue weighted by Gasteiger charge is -1.94. The lowest BCUT2D eigenvalue weighted by molar-refractivity contribution is -0.141. The number of esters is 1. The van der Waals surface area contributed by atoms with E-state index in [-0.39, 0.29) is 6.54 Å². The molecule has 0 spiro atoms. The molecule has 0 aliphatic heterocycles. The van der Waals surface area contributed by atoms with E-state index in [2.05, 4.69) is 32.2 Å². The second kappa shape index (κ2) is 8.95. The minimum absolute atomic E-state index is 0.0845. The van der Waals surface area contributed by atoms with Crippen molar-refractivity contribution in [1.82, 2.24) is 0 Å². The van der Waals surface area contributed by atoms with Gasteiger partial charge in [-0.25, -0.2) is 10.4 Å². The van der Waals surface area contributed by atoms with Crippen LogP contribution in [0.2, 0.25) is 0 Å². The third-order valence-corrected chi connectivity index (χ3v) is 0.907. The lowest BCUT2D eigenvalue weighted by Crippen LogP contribution is -2.06. The molecule has 0 aromatic heterocycles. The zero-order valence-electron chi connectivity index (χ0n) is 7.70. The summed E-state index contributed by atoms with van der Waals surface area (Å²) in [6.07, 6.45) is 1.20. The normalized spacial score (nSPS) is 6.93. The van der Waals surface area contributed by atoms with E-state index in [1.54, 1.807) is 6.92 Å². The van der Waals surface area contributed by atoms with Crippen molar-refractivity contribution in [3.63, 3.8) is 0 Å². The van der Waals surface area contributed by atoms with E-state index in [9.17, 15) is 4.79 Å². The molecule has 72 valence electrons. The molecule has 14 heavy (non-hydrogen) atoms. The highest BCUT2D eigenvalue weighted by atomic mass is 16.5. The summed E-state index contributed by atoms with van der Waals surface area (Å²) in [7, 11) is 0. The van der Waals surface area contributed by atoms with E-state index < -0.39 is 5.97 Å². The fourth-order valence-electron chi connectivity index (χ4n) is 0.482. The van der Waals surface area contributed by atoms with Gasteiger partial charge in [-0.15, -0.1) is 0 Å². The van der Waals surface area contributed by atoms with Crippen molar-refractivity contribution in [3.05, 3.63) is 11.9 Å². The van der Waals surface area contributed by atoms with Crippen molar-refractivity contribution in [2.45, 2.75) is 6.92 Å². The van der Waals surface area contributed by atoms with Gasteiger partial charge in [-0.1, -0.05) is 0 Å². The molecule has 0 aliphatic rings. The van der Waals surface area contributed by atoms with Crippen molar-refractivity contribution in [2.75, 3.05) is 13.2 Å². The molecule has 0 saturated heterocycles. The standard InChI is InChI=1S/C9H9N3O2/c1-2-14-9(13)8-12-6-3-5-11-7-4-10/h5,10H,2,8H2,1H3. The Balaban J connectivity index is 4.05. The van der Waals surface area contributed by atoms with Crippen molar-refractivity contribution in [1.29, 1.82) is 5.41 Å². The quantitative estimate of drug-likeness (QED) is 0.396. The lowest BCUT2D eigenvalue weighted by atomic mass is 10.6. The summed E-state index contributed by atoms with van der Waals surface area (Å²) in [4.78, 5) is 17.7. The fourth-order valence-corrected chi connectivity index (χ4v) is 0.482. The summed E-state index contributed by atoms with van der Waals surface area (Å²) >= 11 is 0. The fraction of sp³-hybridized carbons (Fsp3) is 0.333. The summed E-state index contributed by atoms with van der Waals surface area (Å²) in [6.45, 7) is 1.97. The molecule has 0 unspecified atom stereocenters. The minimum atomic E-state index is -0.412. The number of nitrogens with one attached hydrogen (secondary N) is 1. The van der Waals surface area contributed by atoms with Crippen LogP contribution in [0.3, 0.4) is 0 Å². The number of hydrogen-bond donors (Lipinski definition) is 1. The Bertz CT molecular complexity index is 362. The maximum Gasteiger partial charge on any atom is 0.328 e. The minimum Gasteiger partial charge on any atom is -0.465 e. The summed E-state index contributed by atoms with van der Waals surface area (Å²) in [5, 5.41) is 6.41. The summed E-state index contributed by atoms with van der Waals surface area (Å²) in [5.74, 6) is 5.86. The van der Waals surface area contributed by atoms with Gasteiger partial charge >= 0.3 is 5.97 Å². The van der Waals surface area contributed by atoms with Crippen LogP contribution in [-0.2, 0) is 9.53 Å². The maximum absolute atomic E-state index is 10.7. The monoisotopic (exact) mass is 191 g/mol. The molecular formula is C9H9N3O2. The van der Waals surface area contributed by atoms with Gasteiger partial charge in [-0.2, -0.15) is 4.99 Å². The molecule has 0 heterocycles. The largest absolute Gasteiger partial charge is 0.465 e. The van der Waals surface area contributed by atoms with Crippen LogP contribution >= 0.6 is 0 Å². The Kier molecular flexibility index (Phi) is 7.58.